The lowest BCUT2D eigenvalue weighted by Gasteiger charge is -2.06. The second-order valence-electron chi connectivity index (χ2n) is 7.01. The van der Waals surface area contributed by atoms with E-state index in [0.717, 1.165) is 27.1 Å². The number of nitrogens with zero attached hydrogens (tertiary/aromatic N) is 1. The van der Waals surface area contributed by atoms with E-state index in [1.807, 2.05) is 45.2 Å². The van der Waals surface area contributed by atoms with Gasteiger partial charge in [0.2, 0.25) is 0 Å². The van der Waals surface area contributed by atoms with E-state index >= 15 is 0 Å². The maximum Gasteiger partial charge on any atom is 0.195 e. The molecule has 6 nitrogen and oxygen atoms in total. The fourth-order valence-corrected chi connectivity index (χ4v) is 3.48. The molecule has 0 amide bonds. The van der Waals surface area contributed by atoms with Gasteiger partial charge >= 0.3 is 0 Å². The quantitative estimate of drug-likeness (QED) is 0.284. The summed E-state index contributed by atoms with van der Waals surface area (Å²) in [5, 5.41) is 19.4. The van der Waals surface area contributed by atoms with Gasteiger partial charge in [-0.1, -0.05) is 50.2 Å². The van der Waals surface area contributed by atoms with E-state index in [1.165, 1.54) is 5.56 Å². The number of benzene rings is 2. The van der Waals surface area contributed by atoms with Crippen molar-refractivity contribution in [2.75, 3.05) is 13.6 Å². The van der Waals surface area contributed by atoms with Gasteiger partial charge in [0.1, 0.15) is 11.3 Å². The number of carbonyl (C=O) groups is 1. The summed E-state index contributed by atoms with van der Waals surface area (Å²) in [5.41, 5.74) is 3.26. The number of rotatable bonds is 7. The second-order valence-corrected chi connectivity index (χ2v) is 8.13. The molecule has 0 aliphatic rings. The van der Waals surface area contributed by atoms with Gasteiger partial charge in [0.05, 0.1) is 16.6 Å². The van der Waals surface area contributed by atoms with E-state index in [0.29, 0.717) is 19.4 Å². The number of aromatic nitrogens is 1. The van der Waals surface area contributed by atoms with Gasteiger partial charge in [-0.2, -0.15) is 0 Å². The number of hydrogen-bond donors (Lipinski definition) is 3. The Bertz CT molecular complexity index is 983. The minimum atomic E-state index is 0.0587. The van der Waals surface area contributed by atoms with E-state index in [4.69, 9.17) is 15.6 Å². The molecule has 158 valence electrons. The SMILES string of the molecule is CC(C)C=O.CNCCC(=N)OC(=N)Cc1nc2ccc(-c3ccccc3)cc2s1. The third-order valence-electron chi connectivity index (χ3n) is 3.97. The highest BCUT2D eigenvalue weighted by Crippen LogP contribution is 2.28. The highest BCUT2D eigenvalue weighted by atomic mass is 32.1. The van der Waals surface area contributed by atoms with Gasteiger partial charge in [0.25, 0.3) is 0 Å². The molecule has 0 bridgehead atoms. The molecule has 0 atom stereocenters. The van der Waals surface area contributed by atoms with Gasteiger partial charge in [-0.25, -0.2) is 4.98 Å². The third kappa shape index (κ3) is 7.50. The van der Waals surface area contributed by atoms with Crippen LogP contribution in [-0.2, 0) is 16.0 Å². The van der Waals surface area contributed by atoms with Gasteiger partial charge in [0, 0.05) is 18.9 Å². The molecule has 2 aromatic carbocycles. The molecule has 1 aromatic heterocycles. The standard InChI is InChI=1S/C19H20N4OS.C4H8O/c1-22-10-9-17(20)24-18(21)12-19-23-15-8-7-14(11-16(15)25-19)13-5-3-2-4-6-13;1-4(2)3-5/h2-8,11,20-22H,9-10,12H2,1H3;3-4H,1-2H3. The molecule has 0 saturated heterocycles. The van der Waals surface area contributed by atoms with Crippen molar-refractivity contribution in [2.24, 2.45) is 5.92 Å². The monoisotopic (exact) mass is 424 g/mol. The average Bonchev–Trinajstić information content (AvgIpc) is 3.14. The Morgan fingerprint density at radius 2 is 1.83 bits per heavy atom. The Morgan fingerprint density at radius 1 is 1.13 bits per heavy atom. The van der Waals surface area contributed by atoms with Crippen molar-refractivity contribution in [1.82, 2.24) is 10.3 Å². The van der Waals surface area contributed by atoms with Crippen molar-refractivity contribution in [1.29, 1.82) is 10.8 Å². The number of fused-ring (bicyclic) bond motifs is 1. The maximum atomic E-state index is 9.50. The number of nitrogens with one attached hydrogen (secondary N) is 3. The van der Waals surface area contributed by atoms with E-state index in [-0.39, 0.29) is 17.7 Å². The van der Waals surface area contributed by atoms with Crippen LogP contribution in [0.4, 0.5) is 0 Å². The first-order valence-electron chi connectivity index (χ1n) is 9.80. The van der Waals surface area contributed by atoms with Crippen LogP contribution in [0.1, 0.15) is 25.3 Å². The number of carbonyl (C=O) groups excluding carboxylic acids is 1. The van der Waals surface area contributed by atoms with Crippen LogP contribution in [0.25, 0.3) is 21.3 Å². The molecule has 0 aliphatic heterocycles. The Morgan fingerprint density at radius 3 is 2.47 bits per heavy atom. The summed E-state index contributed by atoms with van der Waals surface area (Å²) >= 11 is 1.56. The van der Waals surface area contributed by atoms with Gasteiger partial charge in [-0.15, -0.1) is 11.3 Å². The summed E-state index contributed by atoms with van der Waals surface area (Å²) in [5.74, 6) is 0.366. The van der Waals surface area contributed by atoms with Crippen LogP contribution in [0.5, 0.6) is 0 Å². The molecule has 30 heavy (non-hydrogen) atoms. The third-order valence-corrected chi connectivity index (χ3v) is 4.99. The van der Waals surface area contributed by atoms with Crippen molar-refractivity contribution < 1.29 is 9.53 Å². The lowest BCUT2D eigenvalue weighted by molar-refractivity contribution is -0.110. The average molecular weight is 425 g/mol. The van der Waals surface area contributed by atoms with Crippen molar-refractivity contribution in [3.8, 4) is 11.1 Å². The van der Waals surface area contributed by atoms with Crippen molar-refractivity contribution in [2.45, 2.75) is 26.7 Å². The fraction of sp³-hybridized carbons (Fsp3) is 0.304. The van der Waals surface area contributed by atoms with Crippen LogP contribution < -0.4 is 5.32 Å². The summed E-state index contributed by atoms with van der Waals surface area (Å²) < 4.78 is 6.33. The van der Waals surface area contributed by atoms with Gasteiger partial charge in [-0.05, 0) is 30.3 Å². The van der Waals surface area contributed by atoms with Crippen molar-refractivity contribution >= 4 is 39.6 Å². The number of hydrogen-bond acceptors (Lipinski definition) is 7. The van der Waals surface area contributed by atoms with Crippen LogP contribution in [0.3, 0.4) is 0 Å². The Labute approximate surface area is 181 Å². The molecule has 1 heterocycles. The zero-order valence-corrected chi connectivity index (χ0v) is 18.4. The van der Waals surface area contributed by atoms with Crippen LogP contribution in [-0.4, -0.2) is 36.7 Å². The minimum absolute atomic E-state index is 0.0587. The topological polar surface area (TPSA) is 98.9 Å². The Balaban J connectivity index is 0.000000575. The highest BCUT2D eigenvalue weighted by molar-refractivity contribution is 7.18. The number of ether oxygens (including phenoxy) is 1. The summed E-state index contributed by atoms with van der Waals surface area (Å²) in [7, 11) is 1.82. The maximum absolute atomic E-state index is 9.50. The lowest BCUT2D eigenvalue weighted by Crippen LogP contribution is -2.18. The number of aldehydes is 1. The first-order valence-corrected chi connectivity index (χ1v) is 10.6. The first kappa shape index (κ1) is 23.4. The molecular weight excluding hydrogens is 396 g/mol. The Kier molecular flexibility index (Phi) is 9.31. The van der Waals surface area contributed by atoms with Gasteiger partial charge < -0.3 is 14.8 Å². The molecule has 0 saturated carbocycles. The van der Waals surface area contributed by atoms with E-state index in [1.54, 1.807) is 11.3 Å². The second kappa shape index (κ2) is 11.9. The van der Waals surface area contributed by atoms with E-state index < -0.39 is 0 Å². The molecule has 3 rings (SSSR count). The van der Waals surface area contributed by atoms with Crippen LogP contribution >= 0.6 is 11.3 Å². The first-order chi connectivity index (χ1) is 14.4. The summed E-state index contributed by atoms with van der Waals surface area (Å²) in [6.45, 7) is 4.37. The summed E-state index contributed by atoms with van der Waals surface area (Å²) in [6.07, 6.45) is 1.70. The van der Waals surface area contributed by atoms with Gasteiger partial charge in [-0.3, -0.25) is 10.8 Å². The summed E-state index contributed by atoms with van der Waals surface area (Å²) in [6, 6.07) is 16.4. The van der Waals surface area contributed by atoms with E-state index in [9.17, 15) is 4.79 Å². The lowest BCUT2D eigenvalue weighted by atomic mass is 10.1. The van der Waals surface area contributed by atoms with Crippen molar-refractivity contribution in [3.05, 3.63) is 53.5 Å². The van der Waals surface area contributed by atoms with Crippen LogP contribution in [0.2, 0.25) is 0 Å². The minimum Gasteiger partial charge on any atom is -0.429 e. The molecule has 0 aliphatic carbocycles. The molecule has 3 aromatic rings. The molecule has 0 radical (unpaired) electrons. The zero-order valence-electron chi connectivity index (χ0n) is 17.6. The smallest absolute Gasteiger partial charge is 0.195 e. The molecule has 7 heteroatoms. The summed E-state index contributed by atoms with van der Waals surface area (Å²) in [4.78, 5) is 14.1. The van der Waals surface area contributed by atoms with E-state index in [2.05, 4.69) is 34.6 Å². The highest BCUT2D eigenvalue weighted by Gasteiger charge is 2.10. The zero-order chi connectivity index (χ0) is 21.9. The predicted octanol–water partition coefficient (Wildman–Crippen LogP) is 4.93. The molecule has 0 fully saturated rings. The fourth-order valence-electron chi connectivity index (χ4n) is 2.47. The van der Waals surface area contributed by atoms with Crippen LogP contribution in [0.15, 0.2) is 48.5 Å². The van der Waals surface area contributed by atoms with Gasteiger partial charge in [0.15, 0.2) is 11.8 Å². The molecular formula is C23H28N4O2S. The van der Waals surface area contributed by atoms with Crippen molar-refractivity contribution in [3.63, 3.8) is 0 Å². The predicted molar refractivity (Wildman–Crippen MR) is 125 cm³/mol. The largest absolute Gasteiger partial charge is 0.429 e. The molecule has 0 unspecified atom stereocenters. The molecule has 0 spiro atoms. The Hall–Kier alpha value is -2.90. The normalized spacial score (nSPS) is 10.4. The number of thiazole rings is 1. The molecule has 3 N–H and O–H groups in total. The van der Waals surface area contributed by atoms with Crippen LogP contribution in [0, 0.1) is 16.7 Å².